The van der Waals surface area contributed by atoms with E-state index in [0.29, 0.717) is 18.0 Å². The van der Waals surface area contributed by atoms with E-state index in [9.17, 15) is 8.42 Å². The largest absolute Gasteiger partial charge is 0.300 e. The Morgan fingerprint density at radius 2 is 1.65 bits per heavy atom. The molecule has 6 heteroatoms. The molecule has 0 spiro atoms. The predicted octanol–water partition coefficient (Wildman–Crippen LogP) is 3.45. The number of aryl methyl sites for hydroxylation is 1. The molecule has 1 heterocycles. The first-order chi connectivity index (χ1) is 12.5. The van der Waals surface area contributed by atoms with Crippen LogP contribution in [0.4, 0.5) is 0 Å². The first kappa shape index (κ1) is 19.4. The molecule has 4 nitrogen and oxygen atoms in total. The molecule has 26 heavy (non-hydrogen) atoms. The molecule has 0 bridgehead atoms. The summed E-state index contributed by atoms with van der Waals surface area (Å²) in [5, 5.41) is 0.757. The highest BCUT2D eigenvalue weighted by molar-refractivity contribution is 7.89. The Morgan fingerprint density at radius 1 is 0.962 bits per heavy atom. The number of benzene rings is 2. The topological polar surface area (TPSA) is 40.6 Å². The first-order valence-electron chi connectivity index (χ1n) is 9.05. The quantitative estimate of drug-likeness (QED) is 0.756. The number of sulfonamides is 1. The van der Waals surface area contributed by atoms with E-state index in [1.54, 1.807) is 16.4 Å². The van der Waals surface area contributed by atoms with Crippen molar-refractivity contribution in [2.45, 2.75) is 24.7 Å². The lowest BCUT2D eigenvalue weighted by atomic mass is 10.1. The SMILES string of the molecule is CCc1ccc(S(=O)(=O)N2CCN(CCc3cccc(Cl)c3)CC2)cc1. The van der Waals surface area contributed by atoms with E-state index in [2.05, 4.69) is 17.9 Å². The molecule has 3 rings (SSSR count). The second-order valence-corrected chi connectivity index (χ2v) is 9.00. The van der Waals surface area contributed by atoms with Gasteiger partial charge >= 0.3 is 0 Å². The minimum absolute atomic E-state index is 0.391. The van der Waals surface area contributed by atoms with Crippen LogP contribution in [0, 0.1) is 0 Å². The Balaban J connectivity index is 1.55. The lowest BCUT2D eigenvalue weighted by molar-refractivity contribution is 0.190. The van der Waals surface area contributed by atoms with E-state index < -0.39 is 10.0 Å². The van der Waals surface area contributed by atoms with Crippen molar-refractivity contribution in [1.82, 2.24) is 9.21 Å². The summed E-state index contributed by atoms with van der Waals surface area (Å²) in [6.45, 7) is 5.56. The molecule has 0 aromatic heterocycles. The van der Waals surface area contributed by atoms with Crippen molar-refractivity contribution in [1.29, 1.82) is 0 Å². The van der Waals surface area contributed by atoms with Crippen LogP contribution in [0.25, 0.3) is 0 Å². The van der Waals surface area contributed by atoms with Gasteiger partial charge in [-0.05, 0) is 48.2 Å². The summed E-state index contributed by atoms with van der Waals surface area (Å²) in [7, 11) is -3.39. The van der Waals surface area contributed by atoms with Gasteiger partial charge in [0.25, 0.3) is 0 Å². The Morgan fingerprint density at radius 3 is 2.27 bits per heavy atom. The molecular formula is C20H25ClN2O2S. The molecule has 140 valence electrons. The maximum atomic E-state index is 12.8. The highest BCUT2D eigenvalue weighted by Gasteiger charge is 2.28. The highest BCUT2D eigenvalue weighted by atomic mass is 35.5. The van der Waals surface area contributed by atoms with Gasteiger partial charge in [-0.3, -0.25) is 0 Å². The summed E-state index contributed by atoms with van der Waals surface area (Å²) < 4.78 is 27.2. The zero-order chi connectivity index (χ0) is 18.6. The zero-order valence-corrected chi connectivity index (χ0v) is 16.6. The molecule has 0 radical (unpaired) electrons. The number of piperazine rings is 1. The molecular weight excluding hydrogens is 368 g/mol. The van der Waals surface area contributed by atoms with E-state index in [1.165, 1.54) is 5.56 Å². The minimum atomic E-state index is -3.39. The third-order valence-corrected chi connectivity index (χ3v) is 7.05. The summed E-state index contributed by atoms with van der Waals surface area (Å²) in [5.74, 6) is 0. The van der Waals surface area contributed by atoms with Crippen LogP contribution in [-0.4, -0.2) is 50.3 Å². The van der Waals surface area contributed by atoms with Crippen molar-refractivity contribution in [2.24, 2.45) is 0 Å². The average molecular weight is 393 g/mol. The van der Waals surface area contributed by atoms with Crippen LogP contribution in [0.5, 0.6) is 0 Å². The van der Waals surface area contributed by atoms with Gasteiger partial charge in [0.15, 0.2) is 0 Å². The second-order valence-electron chi connectivity index (χ2n) is 6.62. The maximum Gasteiger partial charge on any atom is 0.243 e. The van der Waals surface area contributed by atoms with Crippen LogP contribution >= 0.6 is 11.6 Å². The third kappa shape index (κ3) is 4.65. The summed E-state index contributed by atoms with van der Waals surface area (Å²) in [6.07, 6.45) is 1.83. The lowest BCUT2D eigenvalue weighted by Gasteiger charge is -2.34. The maximum absolute atomic E-state index is 12.8. The van der Waals surface area contributed by atoms with Crippen molar-refractivity contribution >= 4 is 21.6 Å². The van der Waals surface area contributed by atoms with Crippen LogP contribution in [0.1, 0.15) is 18.1 Å². The molecule has 0 amide bonds. The smallest absolute Gasteiger partial charge is 0.243 e. The Bertz CT molecular complexity index is 829. The Kier molecular flexibility index (Phi) is 6.35. The van der Waals surface area contributed by atoms with E-state index in [1.807, 2.05) is 30.3 Å². The third-order valence-electron chi connectivity index (χ3n) is 4.91. The van der Waals surface area contributed by atoms with Gasteiger partial charge in [-0.1, -0.05) is 42.8 Å². The van der Waals surface area contributed by atoms with Gasteiger partial charge in [-0.2, -0.15) is 4.31 Å². The fourth-order valence-electron chi connectivity index (χ4n) is 3.22. The highest BCUT2D eigenvalue weighted by Crippen LogP contribution is 2.19. The molecule has 1 aliphatic heterocycles. The number of hydrogen-bond acceptors (Lipinski definition) is 3. The zero-order valence-electron chi connectivity index (χ0n) is 15.1. The van der Waals surface area contributed by atoms with Crippen LogP contribution in [0.15, 0.2) is 53.4 Å². The Hall–Kier alpha value is -1.40. The van der Waals surface area contributed by atoms with Crippen molar-refractivity contribution in [3.8, 4) is 0 Å². The molecule has 0 atom stereocenters. The van der Waals surface area contributed by atoms with E-state index in [0.717, 1.165) is 43.1 Å². The molecule has 2 aromatic rings. The van der Waals surface area contributed by atoms with Gasteiger partial charge < -0.3 is 4.90 Å². The number of nitrogens with zero attached hydrogens (tertiary/aromatic N) is 2. The molecule has 0 unspecified atom stereocenters. The van der Waals surface area contributed by atoms with Crippen LogP contribution < -0.4 is 0 Å². The number of rotatable bonds is 6. The fourth-order valence-corrected chi connectivity index (χ4v) is 4.85. The monoisotopic (exact) mass is 392 g/mol. The van der Waals surface area contributed by atoms with Gasteiger partial charge in [-0.25, -0.2) is 8.42 Å². The van der Waals surface area contributed by atoms with Gasteiger partial charge in [0.05, 0.1) is 4.90 Å². The average Bonchev–Trinajstić information content (AvgIpc) is 2.67. The summed E-state index contributed by atoms with van der Waals surface area (Å²) in [6, 6.07) is 15.1. The molecule has 0 aliphatic carbocycles. The van der Waals surface area contributed by atoms with E-state index in [4.69, 9.17) is 11.6 Å². The van der Waals surface area contributed by atoms with Crippen LogP contribution in [-0.2, 0) is 22.9 Å². The fraction of sp³-hybridized carbons (Fsp3) is 0.400. The minimum Gasteiger partial charge on any atom is -0.300 e. The molecule has 0 N–H and O–H groups in total. The molecule has 1 fully saturated rings. The van der Waals surface area contributed by atoms with Gasteiger partial charge in [0.2, 0.25) is 10.0 Å². The van der Waals surface area contributed by atoms with E-state index >= 15 is 0 Å². The van der Waals surface area contributed by atoms with Gasteiger partial charge in [-0.15, -0.1) is 0 Å². The number of halogens is 1. The predicted molar refractivity (Wildman–Crippen MR) is 106 cm³/mol. The van der Waals surface area contributed by atoms with Gasteiger partial charge in [0, 0.05) is 37.7 Å². The van der Waals surface area contributed by atoms with Crippen molar-refractivity contribution in [2.75, 3.05) is 32.7 Å². The van der Waals surface area contributed by atoms with Crippen LogP contribution in [0.2, 0.25) is 5.02 Å². The van der Waals surface area contributed by atoms with Crippen molar-refractivity contribution in [3.05, 3.63) is 64.7 Å². The molecule has 0 saturated carbocycles. The Labute approximate surface area is 161 Å². The first-order valence-corrected chi connectivity index (χ1v) is 10.9. The van der Waals surface area contributed by atoms with Crippen molar-refractivity contribution < 1.29 is 8.42 Å². The summed E-state index contributed by atoms with van der Waals surface area (Å²) in [4.78, 5) is 2.70. The molecule has 2 aromatic carbocycles. The lowest BCUT2D eigenvalue weighted by Crippen LogP contribution is -2.48. The van der Waals surface area contributed by atoms with E-state index in [-0.39, 0.29) is 0 Å². The summed E-state index contributed by atoms with van der Waals surface area (Å²) >= 11 is 6.03. The standard InChI is InChI=1S/C20H25ClN2O2S/c1-2-17-6-8-20(9-7-17)26(24,25)23-14-12-22(13-15-23)11-10-18-4-3-5-19(21)16-18/h3-9,16H,2,10-15H2,1H3. The molecule has 1 saturated heterocycles. The van der Waals surface area contributed by atoms with Crippen molar-refractivity contribution in [3.63, 3.8) is 0 Å². The second kappa shape index (κ2) is 8.53. The normalized spacial score (nSPS) is 16.7. The number of hydrogen-bond donors (Lipinski definition) is 0. The molecule has 1 aliphatic rings. The van der Waals surface area contributed by atoms with Gasteiger partial charge in [0.1, 0.15) is 0 Å². The summed E-state index contributed by atoms with van der Waals surface area (Å²) in [5.41, 5.74) is 2.36. The van der Waals surface area contributed by atoms with Crippen LogP contribution in [0.3, 0.4) is 0 Å².